The van der Waals surface area contributed by atoms with Crippen LogP contribution in [0.5, 0.6) is 0 Å². The van der Waals surface area contributed by atoms with Crippen molar-refractivity contribution in [3.8, 4) is 0 Å². The molecule has 0 saturated heterocycles. The van der Waals surface area contributed by atoms with Gasteiger partial charge in [0.1, 0.15) is 0 Å². The predicted octanol–water partition coefficient (Wildman–Crippen LogP) is 2.06. The van der Waals surface area contributed by atoms with Gasteiger partial charge in [0.05, 0.1) is 29.6 Å². The number of nitrogens with two attached hydrogens (primary N) is 1. The second-order valence-electron chi connectivity index (χ2n) is 3.94. The number of imidazole rings is 1. The molecule has 17 heavy (non-hydrogen) atoms. The molecular weight excluding hydrogens is 212 g/mol. The van der Waals surface area contributed by atoms with Gasteiger partial charge >= 0.3 is 0 Å². The van der Waals surface area contributed by atoms with Crippen LogP contribution in [-0.4, -0.2) is 14.5 Å². The van der Waals surface area contributed by atoms with E-state index in [0.717, 1.165) is 22.4 Å². The molecule has 1 aromatic carbocycles. The minimum atomic E-state index is 0.686. The highest BCUT2D eigenvalue weighted by molar-refractivity contribution is 5.75. The van der Waals surface area contributed by atoms with Crippen molar-refractivity contribution in [3.05, 3.63) is 54.6 Å². The number of hydrogen-bond acceptors (Lipinski definition) is 3. The van der Waals surface area contributed by atoms with Crippen LogP contribution in [0.25, 0.3) is 11.0 Å². The van der Waals surface area contributed by atoms with Gasteiger partial charge in [-0.15, -0.1) is 0 Å². The van der Waals surface area contributed by atoms with E-state index in [1.807, 2.05) is 30.6 Å². The zero-order valence-corrected chi connectivity index (χ0v) is 9.24. The van der Waals surface area contributed by atoms with Crippen LogP contribution in [0.15, 0.2) is 48.9 Å². The number of nitrogen functional groups attached to an aromatic ring is 1. The fourth-order valence-electron chi connectivity index (χ4n) is 1.89. The maximum Gasteiger partial charge on any atom is 0.0962 e. The van der Waals surface area contributed by atoms with Crippen molar-refractivity contribution in [2.45, 2.75) is 6.54 Å². The maximum absolute atomic E-state index is 5.74. The predicted molar refractivity (Wildman–Crippen MR) is 67.5 cm³/mol. The van der Waals surface area contributed by atoms with E-state index < -0.39 is 0 Å². The molecule has 3 aromatic rings. The van der Waals surface area contributed by atoms with Gasteiger partial charge in [0, 0.05) is 11.9 Å². The minimum Gasteiger partial charge on any atom is -0.399 e. The summed E-state index contributed by atoms with van der Waals surface area (Å²) in [5, 5.41) is 0. The van der Waals surface area contributed by atoms with Gasteiger partial charge in [-0.1, -0.05) is 12.1 Å². The van der Waals surface area contributed by atoms with E-state index in [1.165, 1.54) is 0 Å². The topological polar surface area (TPSA) is 56.7 Å². The lowest BCUT2D eigenvalue weighted by Crippen LogP contribution is -2.01. The number of para-hydroxylation sites is 2. The number of hydrogen-bond donors (Lipinski definition) is 1. The van der Waals surface area contributed by atoms with Crippen LogP contribution >= 0.6 is 0 Å². The number of aromatic nitrogens is 3. The summed E-state index contributed by atoms with van der Waals surface area (Å²) in [4.78, 5) is 8.63. The van der Waals surface area contributed by atoms with Crippen LogP contribution in [0, 0.1) is 0 Å². The molecule has 0 atom stereocenters. The Balaban J connectivity index is 2.00. The molecule has 2 N–H and O–H groups in total. The number of pyridine rings is 1. The molecule has 4 nitrogen and oxygen atoms in total. The normalized spacial score (nSPS) is 10.8. The molecule has 84 valence electrons. The quantitative estimate of drug-likeness (QED) is 0.724. The first kappa shape index (κ1) is 9.84. The fourth-order valence-corrected chi connectivity index (χ4v) is 1.89. The van der Waals surface area contributed by atoms with Crippen molar-refractivity contribution in [3.63, 3.8) is 0 Å². The monoisotopic (exact) mass is 224 g/mol. The lowest BCUT2D eigenvalue weighted by atomic mass is 10.3. The van der Waals surface area contributed by atoms with Crippen molar-refractivity contribution >= 4 is 16.7 Å². The molecular formula is C13H12N4. The molecule has 4 heteroatoms. The van der Waals surface area contributed by atoms with Gasteiger partial charge in [-0.3, -0.25) is 4.98 Å². The number of anilines is 1. The molecule has 0 unspecified atom stereocenters. The molecule has 0 aliphatic heterocycles. The third kappa shape index (κ3) is 1.85. The van der Waals surface area contributed by atoms with E-state index in [2.05, 4.69) is 20.6 Å². The summed E-state index contributed by atoms with van der Waals surface area (Å²) in [6.45, 7) is 0.686. The first-order valence-electron chi connectivity index (χ1n) is 5.43. The molecule has 0 spiro atoms. The summed E-state index contributed by atoms with van der Waals surface area (Å²) < 4.78 is 2.07. The van der Waals surface area contributed by atoms with E-state index in [9.17, 15) is 0 Å². The highest BCUT2D eigenvalue weighted by Crippen LogP contribution is 2.13. The van der Waals surface area contributed by atoms with Crippen molar-refractivity contribution in [2.75, 3.05) is 5.73 Å². The Hall–Kier alpha value is -2.36. The average molecular weight is 224 g/mol. The average Bonchev–Trinajstić information content (AvgIpc) is 2.73. The number of nitrogens with zero attached hydrogens (tertiary/aromatic N) is 3. The van der Waals surface area contributed by atoms with Gasteiger partial charge < -0.3 is 10.3 Å². The van der Waals surface area contributed by atoms with Gasteiger partial charge in [0.25, 0.3) is 0 Å². The third-order valence-electron chi connectivity index (χ3n) is 2.70. The van der Waals surface area contributed by atoms with E-state index in [-0.39, 0.29) is 0 Å². The number of rotatable bonds is 2. The molecule has 2 heterocycles. The molecule has 0 bridgehead atoms. The lowest BCUT2D eigenvalue weighted by molar-refractivity contribution is 0.798. The second kappa shape index (κ2) is 3.90. The fraction of sp³-hybridized carbons (Fsp3) is 0.0769. The van der Waals surface area contributed by atoms with Crippen LogP contribution in [0.3, 0.4) is 0 Å². The Bertz CT molecular complexity index is 657. The molecule has 0 radical (unpaired) electrons. The van der Waals surface area contributed by atoms with Crippen molar-refractivity contribution in [2.24, 2.45) is 0 Å². The highest BCUT2D eigenvalue weighted by Gasteiger charge is 2.02. The summed E-state index contributed by atoms with van der Waals surface area (Å²) in [5.74, 6) is 0. The Kier molecular flexibility index (Phi) is 2.26. The van der Waals surface area contributed by atoms with Crippen molar-refractivity contribution < 1.29 is 0 Å². The van der Waals surface area contributed by atoms with E-state index in [0.29, 0.717) is 6.54 Å². The molecule has 0 saturated carbocycles. The summed E-state index contributed by atoms with van der Waals surface area (Å²) in [6, 6.07) is 11.7. The molecule has 0 aliphatic rings. The third-order valence-corrected chi connectivity index (χ3v) is 2.70. The van der Waals surface area contributed by atoms with Gasteiger partial charge in [-0.25, -0.2) is 4.98 Å². The van der Waals surface area contributed by atoms with E-state index in [4.69, 9.17) is 5.73 Å². The molecule has 0 aliphatic carbocycles. The molecule has 3 rings (SSSR count). The zero-order chi connectivity index (χ0) is 11.7. The van der Waals surface area contributed by atoms with Gasteiger partial charge in [0.2, 0.25) is 0 Å². The van der Waals surface area contributed by atoms with Crippen LogP contribution < -0.4 is 5.73 Å². The Labute approximate surface area is 98.7 Å². The van der Waals surface area contributed by atoms with Crippen LogP contribution in [0.2, 0.25) is 0 Å². The van der Waals surface area contributed by atoms with Crippen molar-refractivity contribution in [1.82, 2.24) is 14.5 Å². The Morgan fingerprint density at radius 2 is 2.00 bits per heavy atom. The summed E-state index contributed by atoms with van der Waals surface area (Å²) in [6.07, 6.45) is 3.55. The summed E-state index contributed by atoms with van der Waals surface area (Å²) in [5.41, 5.74) is 9.51. The molecule has 0 fully saturated rings. The number of fused-ring (bicyclic) bond motifs is 1. The summed E-state index contributed by atoms with van der Waals surface area (Å²) >= 11 is 0. The van der Waals surface area contributed by atoms with Gasteiger partial charge in [0.15, 0.2) is 0 Å². The zero-order valence-electron chi connectivity index (χ0n) is 9.24. The highest BCUT2D eigenvalue weighted by atomic mass is 15.0. The van der Waals surface area contributed by atoms with Crippen molar-refractivity contribution in [1.29, 1.82) is 0 Å². The maximum atomic E-state index is 5.74. The van der Waals surface area contributed by atoms with E-state index >= 15 is 0 Å². The Morgan fingerprint density at radius 1 is 1.12 bits per heavy atom. The van der Waals surface area contributed by atoms with E-state index in [1.54, 1.807) is 12.3 Å². The van der Waals surface area contributed by atoms with Gasteiger partial charge in [-0.05, 0) is 24.3 Å². The van der Waals surface area contributed by atoms with Crippen LogP contribution in [0.1, 0.15) is 5.69 Å². The lowest BCUT2D eigenvalue weighted by Gasteiger charge is -2.04. The SMILES string of the molecule is Nc1ccnc(Cn2cnc3ccccc32)c1. The number of benzene rings is 1. The standard InChI is InChI=1S/C13H12N4/c14-10-5-6-15-11(7-10)8-17-9-16-12-3-1-2-4-13(12)17/h1-7,9H,8H2,(H2,14,15). The minimum absolute atomic E-state index is 0.686. The molecule has 0 amide bonds. The smallest absolute Gasteiger partial charge is 0.0962 e. The van der Waals surface area contributed by atoms with Crippen LogP contribution in [0.4, 0.5) is 5.69 Å². The largest absolute Gasteiger partial charge is 0.399 e. The Morgan fingerprint density at radius 3 is 2.88 bits per heavy atom. The second-order valence-corrected chi connectivity index (χ2v) is 3.94. The first-order chi connectivity index (χ1) is 8.33. The van der Waals surface area contributed by atoms with Gasteiger partial charge in [-0.2, -0.15) is 0 Å². The van der Waals surface area contributed by atoms with Crippen LogP contribution in [-0.2, 0) is 6.54 Å². The summed E-state index contributed by atoms with van der Waals surface area (Å²) in [7, 11) is 0. The first-order valence-corrected chi connectivity index (χ1v) is 5.43. The molecule has 2 aromatic heterocycles.